The fraction of sp³-hybridized carbons (Fsp3) is 0.636. The Kier molecular flexibility index (Phi) is 10.1. The molecule has 0 bridgehead atoms. The van der Waals surface area contributed by atoms with Crippen LogP contribution in [0.25, 0.3) is 11.6 Å². The normalized spacial score (nSPS) is 20.1. The number of nitrogens with zero attached hydrogens (tertiary/aromatic N) is 5. The van der Waals surface area contributed by atoms with E-state index in [1.165, 1.54) is 12.8 Å². The Balaban J connectivity index is 0.00000289. The molecule has 4 heterocycles. The van der Waals surface area contributed by atoms with Crippen LogP contribution < -0.4 is 5.32 Å². The maximum absolute atomic E-state index is 6.12. The summed E-state index contributed by atoms with van der Waals surface area (Å²) in [6.45, 7) is 4.15. The molecule has 10 heteroatoms. The van der Waals surface area contributed by atoms with E-state index in [0.717, 1.165) is 51.5 Å². The van der Waals surface area contributed by atoms with Crippen molar-refractivity contribution in [2.24, 2.45) is 4.99 Å². The van der Waals surface area contributed by atoms with Gasteiger partial charge in [0.15, 0.2) is 11.8 Å². The third kappa shape index (κ3) is 7.11. The van der Waals surface area contributed by atoms with Crippen LogP contribution >= 0.6 is 24.0 Å². The number of likely N-dealkylation sites (tertiary alicyclic amines) is 1. The minimum absolute atomic E-state index is 0. The summed E-state index contributed by atoms with van der Waals surface area (Å²) in [5.74, 6) is 2.00. The van der Waals surface area contributed by atoms with Crippen LogP contribution in [0, 0.1) is 0 Å². The lowest BCUT2D eigenvalue weighted by Gasteiger charge is -2.35. The van der Waals surface area contributed by atoms with Gasteiger partial charge < -0.3 is 24.2 Å². The summed E-state index contributed by atoms with van der Waals surface area (Å²) >= 11 is 0. The van der Waals surface area contributed by atoms with E-state index in [4.69, 9.17) is 14.0 Å². The zero-order valence-corrected chi connectivity index (χ0v) is 20.9. The summed E-state index contributed by atoms with van der Waals surface area (Å²) in [7, 11) is 1.82. The molecule has 1 N–H and O–H groups in total. The third-order valence-corrected chi connectivity index (χ3v) is 5.73. The van der Waals surface area contributed by atoms with E-state index in [-0.39, 0.29) is 30.1 Å². The van der Waals surface area contributed by atoms with Gasteiger partial charge in [0.25, 0.3) is 5.89 Å². The maximum atomic E-state index is 6.12. The summed E-state index contributed by atoms with van der Waals surface area (Å²) in [5.41, 5.74) is 0.685. The minimum Gasteiger partial charge on any atom is -0.376 e. The number of pyridine rings is 1. The molecule has 0 saturated carbocycles. The molecule has 0 aliphatic carbocycles. The zero-order chi connectivity index (χ0) is 21.3. The van der Waals surface area contributed by atoms with Gasteiger partial charge in [0, 0.05) is 45.9 Å². The van der Waals surface area contributed by atoms with Crippen LogP contribution in [0.2, 0.25) is 0 Å². The Hall–Kier alpha value is -1.79. The Morgan fingerprint density at radius 3 is 2.84 bits per heavy atom. The highest BCUT2D eigenvalue weighted by molar-refractivity contribution is 14.0. The molecule has 4 rings (SSSR count). The largest absolute Gasteiger partial charge is 0.376 e. The first-order valence-electron chi connectivity index (χ1n) is 11.2. The zero-order valence-electron chi connectivity index (χ0n) is 18.6. The van der Waals surface area contributed by atoms with Crippen LogP contribution in [-0.4, -0.2) is 78.1 Å². The van der Waals surface area contributed by atoms with E-state index in [1.54, 1.807) is 6.20 Å². The van der Waals surface area contributed by atoms with Gasteiger partial charge in [-0.15, -0.1) is 24.0 Å². The quantitative estimate of drug-likeness (QED) is 0.316. The van der Waals surface area contributed by atoms with E-state index in [0.29, 0.717) is 36.5 Å². The molecule has 32 heavy (non-hydrogen) atoms. The number of aliphatic imine (C=N–C) groups is 1. The standard InChI is InChI=1S/C22H32N6O3.HI/c1-23-22(25-12-8-20-26-21(31-27-20)19-7-2-4-11-24-19)28-13-9-17(10-14-28)30-16-18-6-3-5-15-29-18;/h2,4,7,11,17-18H,3,5-6,8-10,12-16H2,1H3,(H,23,25);1H. The smallest absolute Gasteiger partial charge is 0.276 e. The van der Waals surface area contributed by atoms with Crippen molar-refractivity contribution in [3.8, 4) is 11.6 Å². The molecule has 2 aromatic rings. The fourth-order valence-corrected chi connectivity index (χ4v) is 3.98. The maximum Gasteiger partial charge on any atom is 0.276 e. The highest BCUT2D eigenvalue weighted by Gasteiger charge is 2.23. The molecule has 176 valence electrons. The third-order valence-electron chi connectivity index (χ3n) is 5.73. The number of hydrogen-bond donors (Lipinski definition) is 1. The number of aromatic nitrogens is 3. The number of halogens is 1. The van der Waals surface area contributed by atoms with Crippen LogP contribution in [0.15, 0.2) is 33.9 Å². The first kappa shape index (κ1) is 24.8. The van der Waals surface area contributed by atoms with Gasteiger partial charge in [0.2, 0.25) is 0 Å². The van der Waals surface area contributed by atoms with Crippen LogP contribution in [0.3, 0.4) is 0 Å². The fourth-order valence-electron chi connectivity index (χ4n) is 3.98. The van der Waals surface area contributed by atoms with Gasteiger partial charge in [-0.1, -0.05) is 11.2 Å². The lowest BCUT2D eigenvalue weighted by Crippen LogP contribution is -2.47. The summed E-state index contributed by atoms with van der Waals surface area (Å²) in [6, 6.07) is 5.61. The second kappa shape index (κ2) is 13.0. The highest BCUT2D eigenvalue weighted by Crippen LogP contribution is 2.18. The molecule has 0 amide bonds. The molecular weight excluding hydrogens is 523 g/mol. The van der Waals surface area contributed by atoms with Crippen molar-refractivity contribution in [1.29, 1.82) is 0 Å². The Bertz CT molecular complexity index is 820. The molecule has 0 spiro atoms. The number of nitrogens with one attached hydrogen (secondary N) is 1. The van der Waals surface area contributed by atoms with Gasteiger partial charge in [0.1, 0.15) is 5.69 Å². The molecule has 9 nitrogen and oxygen atoms in total. The topological polar surface area (TPSA) is 97.9 Å². The molecule has 2 aliphatic rings. The van der Waals surface area contributed by atoms with Crippen LogP contribution in [0.1, 0.15) is 37.9 Å². The number of hydrogen-bond acceptors (Lipinski definition) is 7. The average molecular weight is 556 g/mol. The van der Waals surface area contributed by atoms with E-state index < -0.39 is 0 Å². The second-order valence-corrected chi connectivity index (χ2v) is 7.96. The molecule has 0 radical (unpaired) electrons. The number of piperidine rings is 1. The average Bonchev–Trinajstić information content (AvgIpc) is 3.31. The summed E-state index contributed by atoms with van der Waals surface area (Å²) < 4.78 is 17.2. The van der Waals surface area contributed by atoms with E-state index in [2.05, 4.69) is 30.3 Å². The molecule has 2 fully saturated rings. The predicted octanol–water partition coefficient (Wildman–Crippen LogP) is 2.92. The number of guanidine groups is 1. The van der Waals surface area contributed by atoms with Crippen molar-refractivity contribution in [3.63, 3.8) is 0 Å². The van der Waals surface area contributed by atoms with E-state index in [1.807, 2.05) is 25.2 Å². The lowest BCUT2D eigenvalue weighted by atomic mass is 10.1. The molecule has 1 atom stereocenters. The Labute approximate surface area is 206 Å². The highest BCUT2D eigenvalue weighted by atomic mass is 127. The molecule has 2 aliphatic heterocycles. The SMILES string of the molecule is CN=C(NCCc1noc(-c2ccccn2)n1)N1CCC(OCC2CCCCO2)CC1.I. The first-order chi connectivity index (χ1) is 15.3. The van der Waals surface area contributed by atoms with E-state index in [9.17, 15) is 0 Å². The molecule has 2 saturated heterocycles. The summed E-state index contributed by atoms with van der Waals surface area (Å²) in [6.07, 6.45) is 8.52. The Morgan fingerprint density at radius 2 is 2.12 bits per heavy atom. The van der Waals surface area contributed by atoms with Gasteiger partial charge >= 0.3 is 0 Å². The lowest BCUT2D eigenvalue weighted by molar-refractivity contribution is -0.0721. The van der Waals surface area contributed by atoms with Crippen LogP contribution in [-0.2, 0) is 15.9 Å². The van der Waals surface area contributed by atoms with Crippen LogP contribution in [0.5, 0.6) is 0 Å². The van der Waals surface area contributed by atoms with Crippen molar-refractivity contribution >= 4 is 29.9 Å². The van der Waals surface area contributed by atoms with Crippen molar-refractivity contribution in [3.05, 3.63) is 30.2 Å². The predicted molar refractivity (Wildman–Crippen MR) is 132 cm³/mol. The first-order valence-corrected chi connectivity index (χ1v) is 11.2. The van der Waals surface area contributed by atoms with Gasteiger partial charge in [-0.2, -0.15) is 4.98 Å². The summed E-state index contributed by atoms with van der Waals surface area (Å²) in [4.78, 5) is 15.4. The second-order valence-electron chi connectivity index (χ2n) is 7.96. The van der Waals surface area contributed by atoms with Crippen molar-refractivity contribution in [2.75, 3.05) is 39.9 Å². The number of ether oxygens (including phenoxy) is 2. The minimum atomic E-state index is 0. The molecular formula is C22H33IN6O3. The summed E-state index contributed by atoms with van der Waals surface area (Å²) in [5, 5.41) is 7.46. The van der Waals surface area contributed by atoms with Crippen molar-refractivity contribution in [1.82, 2.24) is 25.3 Å². The van der Waals surface area contributed by atoms with Gasteiger partial charge in [-0.05, 0) is 44.2 Å². The molecule has 2 aromatic heterocycles. The van der Waals surface area contributed by atoms with Gasteiger partial charge in [-0.25, -0.2) is 0 Å². The van der Waals surface area contributed by atoms with Gasteiger partial charge in [0.05, 0.1) is 18.8 Å². The molecule has 0 aromatic carbocycles. The molecule has 1 unspecified atom stereocenters. The monoisotopic (exact) mass is 556 g/mol. The van der Waals surface area contributed by atoms with Gasteiger partial charge in [-0.3, -0.25) is 9.98 Å². The van der Waals surface area contributed by atoms with Crippen molar-refractivity contribution < 1.29 is 14.0 Å². The van der Waals surface area contributed by atoms with Crippen molar-refractivity contribution in [2.45, 2.75) is 50.7 Å². The number of rotatable bonds is 7. The Morgan fingerprint density at radius 1 is 1.25 bits per heavy atom. The van der Waals surface area contributed by atoms with E-state index >= 15 is 0 Å². The van der Waals surface area contributed by atoms with Crippen LogP contribution in [0.4, 0.5) is 0 Å².